The second kappa shape index (κ2) is 6.72. The maximum absolute atomic E-state index is 12.3. The minimum atomic E-state index is -0.354. The molecule has 0 saturated heterocycles. The molecule has 2 heterocycles. The number of carbonyl (C=O) groups is 1. The molecule has 0 saturated carbocycles. The Bertz CT molecular complexity index is 895. The molecule has 0 radical (unpaired) electrons. The summed E-state index contributed by atoms with van der Waals surface area (Å²) in [5.41, 5.74) is 0.719. The van der Waals surface area contributed by atoms with Crippen molar-refractivity contribution in [3.8, 4) is 11.3 Å². The molecule has 3 aromatic rings. The van der Waals surface area contributed by atoms with Crippen molar-refractivity contribution in [3.63, 3.8) is 0 Å². The summed E-state index contributed by atoms with van der Waals surface area (Å²) in [7, 11) is 1.64. The second-order valence-corrected chi connectivity index (χ2v) is 5.68. The molecule has 0 aliphatic carbocycles. The summed E-state index contributed by atoms with van der Waals surface area (Å²) in [4.78, 5) is 24.7. The number of H-pyrrole nitrogens is 1. The van der Waals surface area contributed by atoms with Gasteiger partial charge in [-0.25, -0.2) is 5.10 Å². The average molecular weight is 344 g/mol. The maximum Gasteiger partial charge on any atom is 0.274 e. The van der Waals surface area contributed by atoms with E-state index in [0.717, 1.165) is 5.56 Å². The zero-order valence-electron chi connectivity index (χ0n) is 12.8. The van der Waals surface area contributed by atoms with Crippen LogP contribution in [0.5, 0.6) is 0 Å². The van der Waals surface area contributed by atoms with Gasteiger partial charge in [0.25, 0.3) is 11.5 Å². The van der Waals surface area contributed by atoms with Crippen LogP contribution in [0.25, 0.3) is 11.3 Å². The number of hydrogen-bond donors (Lipinski definition) is 1. The smallest absolute Gasteiger partial charge is 0.274 e. The van der Waals surface area contributed by atoms with Crippen molar-refractivity contribution >= 4 is 17.5 Å². The molecule has 7 heteroatoms. The Morgan fingerprint density at radius 1 is 1.17 bits per heavy atom. The number of nitrogens with one attached hydrogen (secondary N) is 1. The molecular weight excluding hydrogens is 330 g/mol. The van der Waals surface area contributed by atoms with Crippen LogP contribution in [0.4, 0.5) is 0 Å². The van der Waals surface area contributed by atoms with Gasteiger partial charge in [-0.05, 0) is 42.5 Å². The van der Waals surface area contributed by atoms with Gasteiger partial charge in [-0.15, -0.1) is 0 Å². The van der Waals surface area contributed by atoms with Gasteiger partial charge in [0.2, 0.25) is 0 Å². The Labute approximate surface area is 142 Å². The van der Waals surface area contributed by atoms with E-state index in [0.29, 0.717) is 16.5 Å². The van der Waals surface area contributed by atoms with Gasteiger partial charge in [0.05, 0.1) is 6.54 Å². The third kappa shape index (κ3) is 3.55. The van der Waals surface area contributed by atoms with Gasteiger partial charge in [-0.2, -0.15) is 5.10 Å². The fraction of sp³-hybridized carbons (Fsp3) is 0.118. The highest BCUT2D eigenvalue weighted by atomic mass is 35.5. The standard InChI is InChI=1S/C17H14ClN3O3/c1-21(17(23)14-7-9-16(22)20-19-14)10-13-6-8-15(24-13)11-2-4-12(18)5-3-11/h2-9H,10H2,1H3,(H,20,22). The second-order valence-electron chi connectivity index (χ2n) is 5.24. The normalized spacial score (nSPS) is 10.6. The Morgan fingerprint density at radius 2 is 1.92 bits per heavy atom. The van der Waals surface area contributed by atoms with Crippen molar-refractivity contribution in [2.24, 2.45) is 0 Å². The van der Waals surface area contributed by atoms with Crippen LogP contribution in [0.15, 0.2) is 57.7 Å². The summed E-state index contributed by atoms with van der Waals surface area (Å²) >= 11 is 5.87. The van der Waals surface area contributed by atoms with E-state index in [9.17, 15) is 9.59 Å². The molecule has 0 fully saturated rings. The molecule has 1 N–H and O–H groups in total. The number of nitrogens with zero attached hydrogens (tertiary/aromatic N) is 2. The quantitative estimate of drug-likeness (QED) is 0.789. The lowest BCUT2D eigenvalue weighted by atomic mass is 10.2. The molecule has 24 heavy (non-hydrogen) atoms. The van der Waals surface area contributed by atoms with Gasteiger partial charge in [0.15, 0.2) is 0 Å². The van der Waals surface area contributed by atoms with E-state index < -0.39 is 0 Å². The van der Waals surface area contributed by atoms with Crippen molar-refractivity contribution < 1.29 is 9.21 Å². The molecule has 122 valence electrons. The Balaban J connectivity index is 1.72. The van der Waals surface area contributed by atoms with E-state index in [1.54, 1.807) is 19.2 Å². The van der Waals surface area contributed by atoms with Gasteiger partial charge in [0.1, 0.15) is 17.2 Å². The molecule has 0 atom stereocenters. The highest BCUT2D eigenvalue weighted by Crippen LogP contribution is 2.24. The molecular formula is C17H14ClN3O3. The van der Waals surface area contributed by atoms with Crippen molar-refractivity contribution in [1.82, 2.24) is 15.1 Å². The first-order valence-electron chi connectivity index (χ1n) is 7.19. The maximum atomic E-state index is 12.3. The van der Waals surface area contributed by atoms with Crippen LogP contribution in [-0.4, -0.2) is 28.1 Å². The topological polar surface area (TPSA) is 79.2 Å². The first kappa shape index (κ1) is 16.0. The molecule has 1 aromatic carbocycles. The molecule has 6 nitrogen and oxygen atoms in total. The van der Waals surface area contributed by atoms with E-state index in [4.69, 9.17) is 16.0 Å². The molecule has 2 aromatic heterocycles. The largest absolute Gasteiger partial charge is 0.459 e. The summed E-state index contributed by atoms with van der Waals surface area (Å²) in [5.74, 6) is 1.03. The van der Waals surface area contributed by atoms with Gasteiger partial charge < -0.3 is 9.32 Å². The SMILES string of the molecule is CN(Cc1ccc(-c2ccc(Cl)cc2)o1)C(=O)c1ccc(=O)[nH]n1. The Morgan fingerprint density at radius 3 is 2.58 bits per heavy atom. The van der Waals surface area contributed by atoms with E-state index in [1.165, 1.54) is 17.0 Å². The minimum Gasteiger partial charge on any atom is -0.459 e. The number of benzene rings is 1. The number of halogens is 1. The third-order valence-electron chi connectivity index (χ3n) is 3.43. The monoisotopic (exact) mass is 343 g/mol. The molecule has 3 rings (SSSR count). The van der Waals surface area contributed by atoms with Crippen LogP contribution >= 0.6 is 11.6 Å². The number of aromatic amines is 1. The van der Waals surface area contributed by atoms with Gasteiger partial charge >= 0.3 is 0 Å². The molecule has 0 unspecified atom stereocenters. The van der Waals surface area contributed by atoms with Gasteiger partial charge in [0, 0.05) is 23.7 Å². The Hall–Kier alpha value is -2.86. The molecule has 0 bridgehead atoms. The van der Waals surface area contributed by atoms with E-state index >= 15 is 0 Å². The lowest BCUT2D eigenvalue weighted by Gasteiger charge is -2.14. The van der Waals surface area contributed by atoms with E-state index in [1.807, 2.05) is 24.3 Å². The first-order chi connectivity index (χ1) is 11.5. The number of hydrogen-bond acceptors (Lipinski definition) is 4. The summed E-state index contributed by atoms with van der Waals surface area (Å²) in [6.07, 6.45) is 0. The Kier molecular flexibility index (Phi) is 4.48. The zero-order valence-corrected chi connectivity index (χ0v) is 13.6. The zero-order chi connectivity index (χ0) is 17.1. The lowest BCUT2D eigenvalue weighted by molar-refractivity contribution is 0.0768. The number of rotatable bonds is 4. The summed E-state index contributed by atoms with van der Waals surface area (Å²) in [5, 5.41) is 6.63. The third-order valence-corrected chi connectivity index (χ3v) is 3.68. The van der Waals surface area contributed by atoms with Crippen LogP contribution in [0.1, 0.15) is 16.2 Å². The number of furan rings is 1. The predicted molar refractivity (Wildman–Crippen MR) is 89.8 cm³/mol. The molecule has 0 spiro atoms. The number of amides is 1. The fourth-order valence-corrected chi connectivity index (χ4v) is 2.32. The van der Waals surface area contributed by atoms with Crippen LogP contribution in [0, 0.1) is 0 Å². The van der Waals surface area contributed by atoms with Crippen molar-refractivity contribution in [2.75, 3.05) is 7.05 Å². The molecule has 1 amide bonds. The fourth-order valence-electron chi connectivity index (χ4n) is 2.20. The van der Waals surface area contributed by atoms with Crippen molar-refractivity contribution in [1.29, 1.82) is 0 Å². The van der Waals surface area contributed by atoms with Crippen LogP contribution in [-0.2, 0) is 6.54 Å². The summed E-state index contributed by atoms with van der Waals surface area (Å²) < 4.78 is 5.77. The van der Waals surface area contributed by atoms with E-state index in [2.05, 4.69) is 10.2 Å². The predicted octanol–water partition coefficient (Wildman–Crippen LogP) is 2.96. The van der Waals surface area contributed by atoms with E-state index in [-0.39, 0.29) is 23.7 Å². The average Bonchev–Trinajstić information content (AvgIpc) is 3.04. The van der Waals surface area contributed by atoms with Crippen LogP contribution < -0.4 is 5.56 Å². The highest BCUT2D eigenvalue weighted by molar-refractivity contribution is 6.30. The molecule has 0 aliphatic rings. The summed E-state index contributed by atoms with van der Waals surface area (Å²) in [6.45, 7) is 0.285. The first-order valence-corrected chi connectivity index (χ1v) is 7.56. The number of carbonyl (C=O) groups excluding carboxylic acids is 1. The highest BCUT2D eigenvalue weighted by Gasteiger charge is 2.15. The van der Waals surface area contributed by atoms with Gasteiger partial charge in [-0.1, -0.05) is 11.6 Å². The lowest BCUT2D eigenvalue weighted by Crippen LogP contribution is -2.27. The van der Waals surface area contributed by atoms with Crippen LogP contribution in [0.2, 0.25) is 5.02 Å². The van der Waals surface area contributed by atoms with Crippen molar-refractivity contribution in [3.05, 3.63) is 75.4 Å². The molecule has 0 aliphatic heterocycles. The summed E-state index contributed by atoms with van der Waals surface area (Å²) in [6, 6.07) is 13.6. The number of aromatic nitrogens is 2. The van der Waals surface area contributed by atoms with Crippen molar-refractivity contribution in [2.45, 2.75) is 6.54 Å². The van der Waals surface area contributed by atoms with Crippen LogP contribution in [0.3, 0.4) is 0 Å². The minimum absolute atomic E-state index is 0.168. The van der Waals surface area contributed by atoms with Gasteiger partial charge in [-0.3, -0.25) is 9.59 Å².